The quantitative estimate of drug-likeness (QED) is 0.421. The zero-order valence-electron chi connectivity index (χ0n) is 15.3. The molecule has 3 aromatic rings. The third-order valence-electron chi connectivity index (χ3n) is 4.15. The Hall–Kier alpha value is -3.24. The van der Waals surface area contributed by atoms with Crippen molar-refractivity contribution in [2.75, 3.05) is 7.11 Å². The molecule has 3 rings (SSSR count). The van der Waals surface area contributed by atoms with Gasteiger partial charge in [-0.25, -0.2) is 4.79 Å². The molecule has 0 amide bonds. The van der Waals surface area contributed by atoms with Crippen molar-refractivity contribution in [3.8, 4) is 11.5 Å². The first kappa shape index (κ1) is 19.5. The Bertz CT molecular complexity index is 996. The molecule has 142 valence electrons. The van der Waals surface area contributed by atoms with Crippen LogP contribution in [0.4, 0.5) is 0 Å². The van der Waals surface area contributed by atoms with Crippen molar-refractivity contribution in [1.29, 1.82) is 0 Å². The van der Waals surface area contributed by atoms with Crippen LogP contribution in [0.3, 0.4) is 0 Å². The number of hydrogen-bond donors (Lipinski definition) is 1. The van der Waals surface area contributed by atoms with Crippen molar-refractivity contribution >= 4 is 29.2 Å². The van der Waals surface area contributed by atoms with E-state index in [1.165, 1.54) is 0 Å². The summed E-state index contributed by atoms with van der Waals surface area (Å²) in [6, 6.07) is 21.7. The summed E-state index contributed by atoms with van der Waals surface area (Å²) in [7, 11) is 1.54. The highest BCUT2D eigenvalue weighted by molar-refractivity contribution is 6.31. The number of ether oxygens (including phenoxy) is 2. The van der Waals surface area contributed by atoms with Crippen LogP contribution in [0.25, 0.3) is 11.6 Å². The number of aliphatic carboxylic acids is 1. The van der Waals surface area contributed by atoms with Crippen molar-refractivity contribution in [3.05, 3.63) is 94.5 Å². The number of rotatable bonds is 7. The Balaban J connectivity index is 1.86. The molecule has 5 heteroatoms. The molecule has 0 aromatic heterocycles. The van der Waals surface area contributed by atoms with Crippen molar-refractivity contribution in [2.45, 2.75) is 6.61 Å². The molecular formula is C23H19ClO4. The minimum absolute atomic E-state index is 0.201. The molecule has 0 aliphatic carbocycles. The van der Waals surface area contributed by atoms with Crippen LogP contribution >= 0.6 is 11.6 Å². The third kappa shape index (κ3) is 4.72. The number of carboxylic acid groups (broad SMARTS) is 1. The lowest BCUT2D eigenvalue weighted by Gasteiger charge is -2.12. The number of hydrogen-bond acceptors (Lipinski definition) is 3. The molecular weight excluding hydrogens is 376 g/mol. The first-order chi connectivity index (χ1) is 13.6. The first-order valence-electron chi connectivity index (χ1n) is 8.63. The van der Waals surface area contributed by atoms with Gasteiger partial charge in [0.2, 0.25) is 0 Å². The molecule has 0 heterocycles. The Morgan fingerprint density at radius 3 is 2.39 bits per heavy atom. The van der Waals surface area contributed by atoms with E-state index in [1.807, 2.05) is 30.3 Å². The van der Waals surface area contributed by atoms with Gasteiger partial charge in [0.05, 0.1) is 12.7 Å². The average Bonchev–Trinajstić information content (AvgIpc) is 2.72. The number of methoxy groups -OCH3 is 1. The first-order valence-corrected chi connectivity index (χ1v) is 9.01. The maximum absolute atomic E-state index is 11.7. The molecule has 0 fully saturated rings. The molecule has 4 nitrogen and oxygen atoms in total. The standard InChI is InChI=1S/C23H19ClO4/c1-27-22-14-16(13-19(23(25)26)17-7-3-2-4-8-17)11-12-21(22)28-15-18-9-5-6-10-20(18)24/h2-14H,15H2,1H3,(H,25,26)/b19-13-. The van der Waals surface area contributed by atoms with E-state index in [0.717, 1.165) is 5.56 Å². The van der Waals surface area contributed by atoms with Gasteiger partial charge in [0.15, 0.2) is 11.5 Å². The van der Waals surface area contributed by atoms with E-state index in [2.05, 4.69) is 0 Å². The van der Waals surface area contributed by atoms with E-state index in [9.17, 15) is 9.90 Å². The highest BCUT2D eigenvalue weighted by Gasteiger charge is 2.12. The van der Waals surface area contributed by atoms with Crippen molar-refractivity contribution in [3.63, 3.8) is 0 Å². The summed E-state index contributed by atoms with van der Waals surface area (Å²) in [5, 5.41) is 10.2. The van der Waals surface area contributed by atoms with E-state index in [-0.39, 0.29) is 5.57 Å². The summed E-state index contributed by atoms with van der Waals surface area (Å²) in [6.07, 6.45) is 1.61. The summed E-state index contributed by atoms with van der Waals surface area (Å²) in [6.45, 7) is 0.301. The van der Waals surface area contributed by atoms with E-state index in [4.69, 9.17) is 21.1 Å². The van der Waals surface area contributed by atoms with Gasteiger partial charge in [-0.2, -0.15) is 0 Å². The topological polar surface area (TPSA) is 55.8 Å². The van der Waals surface area contributed by atoms with Gasteiger partial charge in [-0.3, -0.25) is 0 Å². The predicted octanol–water partition coefficient (Wildman–Crippen LogP) is 5.55. The molecule has 0 spiro atoms. The van der Waals surface area contributed by atoms with Crippen molar-refractivity contribution < 1.29 is 19.4 Å². The van der Waals surface area contributed by atoms with Gasteiger partial charge in [-0.1, -0.05) is 66.2 Å². The van der Waals surface area contributed by atoms with Gasteiger partial charge in [-0.05, 0) is 35.4 Å². The maximum atomic E-state index is 11.7. The summed E-state index contributed by atoms with van der Waals surface area (Å²) >= 11 is 6.16. The minimum atomic E-state index is -0.996. The van der Waals surface area contributed by atoms with Gasteiger partial charge < -0.3 is 14.6 Å². The van der Waals surface area contributed by atoms with Crippen LogP contribution in [0.1, 0.15) is 16.7 Å². The zero-order chi connectivity index (χ0) is 19.9. The van der Waals surface area contributed by atoms with E-state index in [1.54, 1.807) is 55.7 Å². The van der Waals surface area contributed by atoms with E-state index in [0.29, 0.717) is 34.3 Å². The smallest absolute Gasteiger partial charge is 0.336 e. The predicted molar refractivity (Wildman–Crippen MR) is 111 cm³/mol. The third-order valence-corrected chi connectivity index (χ3v) is 4.52. The van der Waals surface area contributed by atoms with Gasteiger partial charge in [0, 0.05) is 10.6 Å². The largest absolute Gasteiger partial charge is 0.493 e. The normalized spacial score (nSPS) is 11.1. The fraction of sp³-hybridized carbons (Fsp3) is 0.0870. The summed E-state index contributed by atoms with van der Waals surface area (Å²) in [5.41, 5.74) is 2.40. The highest BCUT2D eigenvalue weighted by Crippen LogP contribution is 2.31. The Morgan fingerprint density at radius 2 is 1.71 bits per heavy atom. The lowest BCUT2D eigenvalue weighted by molar-refractivity contribution is -0.130. The molecule has 0 bridgehead atoms. The summed E-state index contributed by atoms with van der Waals surface area (Å²) in [4.78, 5) is 11.7. The Labute approximate surface area is 168 Å². The van der Waals surface area contributed by atoms with Crippen LogP contribution < -0.4 is 9.47 Å². The molecule has 0 aliphatic heterocycles. The molecule has 0 unspecified atom stereocenters. The second-order valence-electron chi connectivity index (χ2n) is 6.02. The maximum Gasteiger partial charge on any atom is 0.336 e. The minimum Gasteiger partial charge on any atom is -0.493 e. The van der Waals surface area contributed by atoms with Gasteiger partial charge in [0.25, 0.3) is 0 Å². The molecule has 3 aromatic carbocycles. The highest BCUT2D eigenvalue weighted by atomic mass is 35.5. The fourth-order valence-corrected chi connectivity index (χ4v) is 2.91. The summed E-state index contributed by atoms with van der Waals surface area (Å²) < 4.78 is 11.3. The molecule has 0 saturated heterocycles. The van der Waals surface area contributed by atoms with Gasteiger partial charge >= 0.3 is 5.97 Å². The van der Waals surface area contributed by atoms with Crippen molar-refractivity contribution in [1.82, 2.24) is 0 Å². The van der Waals surface area contributed by atoms with Gasteiger partial charge in [0.1, 0.15) is 6.61 Å². The molecule has 0 saturated carbocycles. The SMILES string of the molecule is COc1cc(/C=C(\C(=O)O)c2ccccc2)ccc1OCc1ccccc1Cl. The molecule has 0 atom stereocenters. The van der Waals surface area contributed by atoms with Crippen LogP contribution in [-0.4, -0.2) is 18.2 Å². The molecule has 0 aliphatic rings. The van der Waals surface area contributed by atoms with Crippen LogP contribution in [0, 0.1) is 0 Å². The fourth-order valence-electron chi connectivity index (χ4n) is 2.72. The van der Waals surface area contributed by atoms with Crippen molar-refractivity contribution in [2.24, 2.45) is 0 Å². The zero-order valence-corrected chi connectivity index (χ0v) is 16.0. The second-order valence-corrected chi connectivity index (χ2v) is 6.43. The number of carbonyl (C=O) groups is 1. The lowest BCUT2D eigenvalue weighted by Crippen LogP contribution is -2.00. The van der Waals surface area contributed by atoms with Gasteiger partial charge in [-0.15, -0.1) is 0 Å². The Kier molecular flexibility index (Phi) is 6.35. The number of benzene rings is 3. The van der Waals surface area contributed by atoms with Crippen LogP contribution in [-0.2, 0) is 11.4 Å². The van der Waals surface area contributed by atoms with E-state index < -0.39 is 5.97 Å². The second kappa shape index (κ2) is 9.11. The number of halogens is 1. The Morgan fingerprint density at radius 1 is 1.00 bits per heavy atom. The van der Waals surface area contributed by atoms with Crippen LogP contribution in [0.15, 0.2) is 72.8 Å². The molecule has 0 radical (unpaired) electrons. The van der Waals surface area contributed by atoms with Crippen LogP contribution in [0.2, 0.25) is 5.02 Å². The lowest BCUT2D eigenvalue weighted by atomic mass is 10.0. The molecule has 1 N–H and O–H groups in total. The average molecular weight is 395 g/mol. The molecule has 28 heavy (non-hydrogen) atoms. The summed E-state index contributed by atoms with van der Waals surface area (Å²) in [5.74, 6) is 0.0685. The monoisotopic (exact) mass is 394 g/mol. The number of carboxylic acids is 1. The van der Waals surface area contributed by atoms with Crippen LogP contribution in [0.5, 0.6) is 11.5 Å². The van der Waals surface area contributed by atoms with E-state index >= 15 is 0 Å².